The summed E-state index contributed by atoms with van der Waals surface area (Å²) >= 11 is 0. The van der Waals surface area contributed by atoms with Crippen LogP contribution in [0.5, 0.6) is 0 Å². The quantitative estimate of drug-likeness (QED) is 0.687. The molecule has 8 heteroatoms. The molecule has 1 fully saturated rings. The molecule has 0 unspecified atom stereocenters. The third kappa shape index (κ3) is 2.43. The van der Waals surface area contributed by atoms with Crippen LogP contribution >= 0.6 is 0 Å². The number of amides is 1. The SMILES string of the molecule is Cn1c(C(=O)O)cnc1CNC(=O)C1(N)CC(F)C1. The molecule has 1 aliphatic rings. The first-order chi connectivity index (χ1) is 8.83. The summed E-state index contributed by atoms with van der Waals surface area (Å²) in [6, 6.07) is 0. The molecule has 1 aliphatic carbocycles. The van der Waals surface area contributed by atoms with Crippen LogP contribution in [0.25, 0.3) is 0 Å². The summed E-state index contributed by atoms with van der Waals surface area (Å²) in [6.45, 7) is 0.0541. The molecule has 0 atom stereocenters. The van der Waals surface area contributed by atoms with Crippen LogP contribution in [0.1, 0.15) is 29.2 Å². The fourth-order valence-electron chi connectivity index (χ4n) is 2.06. The molecule has 1 amide bonds. The smallest absolute Gasteiger partial charge is 0.354 e. The average Bonchev–Trinajstić information content (AvgIpc) is 2.65. The summed E-state index contributed by atoms with van der Waals surface area (Å²) in [5, 5.41) is 11.4. The molecule has 0 spiro atoms. The van der Waals surface area contributed by atoms with Crippen LogP contribution in [0.3, 0.4) is 0 Å². The highest BCUT2D eigenvalue weighted by Crippen LogP contribution is 2.32. The zero-order valence-corrected chi connectivity index (χ0v) is 10.4. The van der Waals surface area contributed by atoms with E-state index in [4.69, 9.17) is 10.8 Å². The molecule has 1 aromatic heterocycles. The first kappa shape index (κ1) is 13.5. The Morgan fingerprint density at radius 3 is 2.79 bits per heavy atom. The van der Waals surface area contributed by atoms with Gasteiger partial charge in [-0.05, 0) is 0 Å². The van der Waals surface area contributed by atoms with E-state index < -0.39 is 23.6 Å². The van der Waals surface area contributed by atoms with Gasteiger partial charge in [0, 0.05) is 19.9 Å². The van der Waals surface area contributed by atoms with Crippen molar-refractivity contribution < 1.29 is 19.1 Å². The molecule has 0 aliphatic heterocycles. The number of aromatic nitrogens is 2. The highest BCUT2D eigenvalue weighted by atomic mass is 19.1. The van der Waals surface area contributed by atoms with Crippen molar-refractivity contribution in [3.8, 4) is 0 Å². The van der Waals surface area contributed by atoms with Crippen LogP contribution in [-0.2, 0) is 18.4 Å². The predicted octanol–water partition coefficient (Wildman–Crippen LogP) is -0.436. The summed E-state index contributed by atoms with van der Waals surface area (Å²) in [5.41, 5.74) is 4.59. The molecule has 1 heterocycles. The Hall–Kier alpha value is -1.96. The van der Waals surface area contributed by atoms with Gasteiger partial charge in [-0.25, -0.2) is 14.2 Å². The second kappa shape index (κ2) is 4.61. The molecule has 0 saturated heterocycles. The number of carbonyl (C=O) groups excluding carboxylic acids is 1. The van der Waals surface area contributed by atoms with Gasteiger partial charge in [0.05, 0.1) is 12.7 Å². The van der Waals surface area contributed by atoms with Gasteiger partial charge >= 0.3 is 5.97 Å². The minimum Gasteiger partial charge on any atom is -0.477 e. The van der Waals surface area contributed by atoms with E-state index in [1.807, 2.05) is 0 Å². The molecule has 0 aromatic carbocycles. The van der Waals surface area contributed by atoms with Gasteiger partial charge in [0.2, 0.25) is 5.91 Å². The van der Waals surface area contributed by atoms with Crippen LogP contribution in [0.2, 0.25) is 0 Å². The molecule has 104 valence electrons. The first-order valence-corrected chi connectivity index (χ1v) is 5.78. The maximum absolute atomic E-state index is 12.8. The Bertz CT molecular complexity index is 522. The van der Waals surface area contributed by atoms with Crippen molar-refractivity contribution in [2.24, 2.45) is 12.8 Å². The number of halogens is 1. The molecule has 2 rings (SSSR count). The molecule has 0 bridgehead atoms. The highest BCUT2D eigenvalue weighted by Gasteiger charge is 2.47. The molecule has 7 nitrogen and oxygen atoms in total. The standard InChI is InChI=1S/C11H15FN4O3/c1-16-7(9(17)18)4-14-8(16)5-15-10(19)11(13)2-6(12)3-11/h4,6H,2-3,5,13H2,1H3,(H,15,19)(H,17,18). The Kier molecular flexibility index (Phi) is 3.27. The second-order valence-electron chi connectivity index (χ2n) is 4.77. The van der Waals surface area contributed by atoms with E-state index in [9.17, 15) is 14.0 Å². The number of nitrogens with zero attached hydrogens (tertiary/aromatic N) is 2. The third-order valence-electron chi connectivity index (χ3n) is 3.33. The van der Waals surface area contributed by atoms with Gasteiger partial charge in [-0.2, -0.15) is 0 Å². The zero-order chi connectivity index (χ0) is 14.2. The van der Waals surface area contributed by atoms with Crippen molar-refractivity contribution in [1.29, 1.82) is 0 Å². The lowest BCUT2D eigenvalue weighted by molar-refractivity contribution is -0.132. The lowest BCUT2D eigenvalue weighted by Gasteiger charge is -2.38. The number of hydrogen-bond acceptors (Lipinski definition) is 4. The molecule has 0 radical (unpaired) electrons. The first-order valence-electron chi connectivity index (χ1n) is 5.78. The summed E-state index contributed by atoms with van der Waals surface area (Å²) in [5.74, 6) is -1.14. The van der Waals surface area contributed by atoms with E-state index >= 15 is 0 Å². The minimum atomic E-state index is -1.15. The van der Waals surface area contributed by atoms with Crippen molar-refractivity contribution in [3.63, 3.8) is 0 Å². The van der Waals surface area contributed by atoms with Gasteiger partial charge < -0.3 is 20.7 Å². The van der Waals surface area contributed by atoms with E-state index in [1.54, 1.807) is 0 Å². The summed E-state index contributed by atoms with van der Waals surface area (Å²) in [7, 11) is 1.54. The lowest BCUT2D eigenvalue weighted by Crippen LogP contribution is -2.62. The largest absolute Gasteiger partial charge is 0.477 e. The molecule has 1 aromatic rings. The van der Waals surface area contributed by atoms with E-state index in [0.29, 0.717) is 5.82 Å². The Morgan fingerprint density at radius 2 is 2.32 bits per heavy atom. The van der Waals surface area contributed by atoms with E-state index in [1.165, 1.54) is 17.8 Å². The van der Waals surface area contributed by atoms with E-state index in [2.05, 4.69) is 10.3 Å². The third-order valence-corrected chi connectivity index (χ3v) is 3.33. The Balaban J connectivity index is 1.96. The molecule has 4 N–H and O–H groups in total. The number of carboxylic acid groups (broad SMARTS) is 1. The molecular weight excluding hydrogens is 255 g/mol. The summed E-state index contributed by atoms with van der Waals surface area (Å²) in [6.07, 6.45) is 0.213. The van der Waals surface area contributed by atoms with Gasteiger partial charge in [0.1, 0.15) is 23.2 Å². The van der Waals surface area contributed by atoms with Crippen LogP contribution in [0.4, 0.5) is 4.39 Å². The average molecular weight is 270 g/mol. The number of nitrogens with two attached hydrogens (primary N) is 1. The monoisotopic (exact) mass is 270 g/mol. The van der Waals surface area contributed by atoms with Crippen LogP contribution in [0.15, 0.2) is 6.20 Å². The number of carbonyl (C=O) groups is 2. The molecular formula is C11H15FN4O3. The van der Waals surface area contributed by atoms with Crippen LogP contribution in [-0.4, -0.2) is 38.2 Å². The summed E-state index contributed by atoms with van der Waals surface area (Å²) < 4.78 is 14.1. The normalized spacial score (nSPS) is 25.7. The lowest BCUT2D eigenvalue weighted by atomic mass is 9.75. The minimum absolute atomic E-state index is 0.0137. The van der Waals surface area contributed by atoms with Gasteiger partial charge in [-0.1, -0.05) is 0 Å². The van der Waals surface area contributed by atoms with Gasteiger partial charge in [-0.15, -0.1) is 0 Å². The van der Waals surface area contributed by atoms with Crippen molar-refractivity contribution >= 4 is 11.9 Å². The Morgan fingerprint density at radius 1 is 1.68 bits per heavy atom. The van der Waals surface area contributed by atoms with Gasteiger partial charge in [0.25, 0.3) is 0 Å². The van der Waals surface area contributed by atoms with E-state index in [-0.39, 0.29) is 25.1 Å². The maximum atomic E-state index is 12.8. The maximum Gasteiger partial charge on any atom is 0.354 e. The number of imidazole rings is 1. The van der Waals surface area contributed by atoms with Gasteiger partial charge in [-0.3, -0.25) is 4.79 Å². The van der Waals surface area contributed by atoms with Crippen LogP contribution in [0, 0.1) is 0 Å². The number of nitrogens with one attached hydrogen (secondary N) is 1. The number of carboxylic acids is 1. The Labute approximate surface area is 108 Å². The number of alkyl halides is 1. The topological polar surface area (TPSA) is 110 Å². The molecule has 19 heavy (non-hydrogen) atoms. The fraction of sp³-hybridized carbons (Fsp3) is 0.545. The van der Waals surface area contributed by atoms with Crippen LogP contribution < -0.4 is 11.1 Å². The highest BCUT2D eigenvalue weighted by molar-refractivity contribution is 5.87. The fourth-order valence-corrected chi connectivity index (χ4v) is 2.06. The molecule has 1 saturated carbocycles. The van der Waals surface area contributed by atoms with Crippen molar-refractivity contribution in [2.75, 3.05) is 0 Å². The number of hydrogen-bond donors (Lipinski definition) is 3. The number of aromatic carboxylic acids is 1. The second-order valence-corrected chi connectivity index (χ2v) is 4.77. The zero-order valence-electron chi connectivity index (χ0n) is 10.4. The summed E-state index contributed by atoms with van der Waals surface area (Å²) in [4.78, 5) is 26.5. The van der Waals surface area contributed by atoms with Crippen molar-refractivity contribution in [1.82, 2.24) is 14.9 Å². The predicted molar refractivity (Wildman–Crippen MR) is 63.1 cm³/mol. The van der Waals surface area contributed by atoms with E-state index in [0.717, 1.165) is 0 Å². The number of rotatable bonds is 4. The van der Waals surface area contributed by atoms with Crippen molar-refractivity contribution in [3.05, 3.63) is 17.7 Å². The van der Waals surface area contributed by atoms with Gasteiger partial charge in [0.15, 0.2) is 0 Å². The van der Waals surface area contributed by atoms with Crippen molar-refractivity contribution in [2.45, 2.75) is 31.1 Å².